The molecule has 0 spiro atoms. The molecule has 20 heavy (non-hydrogen) atoms. The first-order valence-corrected chi connectivity index (χ1v) is 6.48. The summed E-state index contributed by atoms with van der Waals surface area (Å²) >= 11 is 0. The summed E-state index contributed by atoms with van der Waals surface area (Å²) in [4.78, 5) is 0. The van der Waals surface area contributed by atoms with E-state index in [-0.39, 0.29) is 5.92 Å². The zero-order valence-electron chi connectivity index (χ0n) is 10.9. The van der Waals surface area contributed by atoms with E-state index >= 15 is 0 Å². The van der Waals surface area contributed by atoms with Gasteiger partial charge in [0.2, 0.25) is 11.8 Å². The summed E-state index contributed by atoms with van der Waals surface area (Å²) in [5.74, 6) is 1.88. The zero-order valence-corrected chi connectivity index (χ0v) is 10.9. The number of hydrogen-bond acceptors (Lipinski definition) is 5. The number of aromatic nitrogens is 2. The van der Waals surface area contributed by atoms with Crippen LogP contribution < -0.4 is 5.73 Å². The molecule has 5 nitrogen and oxygen atoms in total. The second-order valence-electron chi connectivity index (χ2n) is 4.53. The van der Waals surface area contributed by atoms with Gasteiger partial charge in [0.15, 0.2) is 0 Å². The summed E-state index contributed by atoms with van der Waals surface area (Å²) < 4.78 is 11.1. The maximum absolute atomic E-state index is 5.80. The third kappa shape index (κ3) is 2.62. The second-order valence-corrected chi connectivity index (χ2v) is 4.53. The molecule has 3 aromatic rings. The molecule has 2 aromatic heterocycles. The van der Waals surface area contributed by atoms with Crippen molar-refractivity contribution in [2.75, 3.05) is 6.54 Å². The highest BCUT2D eigenvalue weighted by molar-refractivity contribution is 5.51. The maximum atomic E-state index is 5.80. The molecule has 3 rings (SSSR count). The molecule has 0 aliphatic rings. The predicted octanol–water partition coefficient (Wildman–Crippen LogP) is 2.61. The molecule has 0 saturated heterocycles. The second kappa shape index (κ2) is 5.71. The van der Waals surface area contributed by atoms with Gasteiger partial charge in [0, 0.05) is 18.5 Å². The molecular formula is C15H15N3O2. The summed E-state index contributed by atoms with van der Waals surface area (Å²) in [7, 11) is 0. The third-order valence-electron chi connectivity index (χ3n) is 3.12. The Bertz CT molecular complexity index is 647. The topological polar surface area (TPSA) is 78.1 Å². The molecule has 5 heteroatoms. The molecule has 0 fully saturated rings. The van der Waals surface area contributed by atoms with Crippen LogP contribution in [0.1, 0.15) is 17.6 Å². The van der Waals surface area contributed by atoms with Gasteiger partial charge in [-0.2, -0.15) is 0 Å². The molecule has 1 aromatic carbocycles. The molecule has 1 atom stereocenters. The Labute approximate surface area is 116 Å². The molecule has 1 unspecified atom stereocenters. The van der Waals surface area contributed by atoms with Crippen LogP contribution in [0.25, 0.3) is 11.5 Å². The van der Waals surface area contributed by atoms with Gasteiger partial charge in [-0.05, 0) is 24.3 Å². The molecule has 0 aliphatic carbocycles. The number of nitrogens with two attached hydrogens (primary N) is 1. The van der Waals surface area contributed by atoms with E-state index in [0.29, 0.717) is 24.7 Å². The van der Waals surface area contributed by atoms with Crippen molar-refractivity contribution in [3.05, 3.63) is 60.4 Å². The van der Waals surface area contributed by atoms with Crippen molar-refractivity contribution in [2.24, 2.45) is 5.73 Å². The van der Waals surface area contributed by atoms with Gasteiger partial charge < -0.3 is 14.6 Å². The van der Waals surface area contributed by atoms with Crippen molar-refractivity contribution < 1.29 is 8.83 Å². The first-order valence-electron chi connectivity index (χ1n) is 6.48. The Hall–Kier alpha value is -2.40. The molecule has 0 radical (unpaired) electrons. The quantitative estimate of drug-likeness (QED) is 0.770. The van der Waals surface area contributed by atoms with Gasteiger partial charge in [0.1, 0.15) is 5.76 Å². The van der Waals surface area contributed by atoms with E-state index in [1.165, 1.54) is 0 Å². The molecule has 0 bridgehead atoms. The van der Waals surface area contributed by atoms with Crippen LogP contribution in [-0.2, 0) is 6.42 Å². The van der Waals surface area contributed by atoms with Crippen LogP contribution in [0.3, 0.4) is 0 Å². The number of hydrogen-bond donors (Lipinski definition) is 1. The molecule has 0 aliphatic heterocycles. The Morgan fingerprint density at radius 2 is 1.90 bits per heavy atom. The minimum atomic E-state index is -0.0360. The fourth-order valence-corrected chi connectivity index (χ4v) is 2.04. The van der Waals surface area contributed by atoms with Crippen LogP contribution >= 0.6 is 0 Å². The SMILES string of the molecule is NCC(Cc1ccco1)c1nnc(-c2ccccc2)o1. The lowest BCUT2D eigenvalue weighted by Crippen LogP contribution is -2.15. The van der Waals surface area contributed by atoms with Gasteiger partial charge in [-0.1, -0.05) is 18.2 Å². The minimum Gasteiger partial charge on any atom is -0.469 e. The highest BCUT2D eigenvalue weighted by Crippen LogP contribution is 2.23. The normalized spacial score (nSPS) is 12.4. The zero-order chi connectivity index (χ0) is 13.8. The average Bonchev–Trinajstić information content (AvgIpc) is 3.17. The number of nitrogens with zero attached hydrogens (tertiary/aromatic N) is 2. The smallest absolute Gasteiger partial charge is 0.247 e. The summed E-state index contributed by atoms with van der Waals surface area (Å²) in [5, 5.41) is 8.19. The van der Waals surface area contributed by atoms with E-state index in [2.05, 4.69) is 10.2 Å². The summed E-state index contributed by atoms with van der Waals surface area (Å²) in [5.41, 5.74) is 6.70. The van der Waals surface area contributed by atoms with Gasteiger partial charge in [-0.25, -0.2) is 0 Å². The van der Waals surface area contributed by atoms with E-state index < -0.39 is 0 Å². The molecule has 2 N–H and O–H groups in total. The highest BCUT2D eigenvalue weighted by Gasteiger charge is 2.19. The standard InChI is InChI=1S/C15H15N3O2/c16-10-12(9-13-7-4-8-19-13)15-18-17-14(20-15)11-5-2-1-3-6-11/h1-8,12H,9-10,16H2. The predicted molar refractivity (Wildman–Crippen MR) is 73.9 cm³/mol. The lowest BCUT2D eigenvalue weighted by molar-refractivity contribution is 0.424. The Morgan fingerprint density at radius 1 is 1.05 bits per heavy atom. The average molecular weight is 269 g/mol. The molecular weight excluding hydrogens is 254 g/mol. The minimum absolute atomic E-state index is 0.0360. The van der Waals surface area contributed by atoms with Crippen LogP contribution in [0.15, 0.2) is 57.6 Å². The Kier molecular flexibility index (Phi) is 3.60. The molecule has 102 valence electrons. The van der Waals surface area contributed by atoms with Crippen LogP contribution in [0.2, 0.25) is 0 Å². The van der Waals surface area contributed by atoms with Crippen molar-refractivity contribution in [1.29, 1.82) is 0 Å². The van der Waals surface area contributed by atoms with Crippen molar-refractivity contribution in [2.45, 2.75) is 12.3 Å². The van der Waals surface area contributed by atoms with E-state index in [1.807, 2.05) is 42.5 Å². The third-order valence-corrected chi connectivity index (χ3v) is 3.12. The van der Waals surface area contributed by atoms with Crippen LogP contribution in [0.5, 0.6) is 0 Å². The lowest BCUT2D eigenvalue weighted by atomic mass is 10.0. The van der Waals surface area contributed by atoms with E-state index in [0.717, 1.165) is 11.3 Å². The van der Waals surface area contributed by atoms with Crippen LogP contribution in [0.4, 0.5) is 0 Å². The Morgan fingerprint density at radius 3 is 2.60 bits per heavy atom. The summed E-state index contributed by atoms with van der Waals surface area (Å²) in [6.45, 7) is 0.428. The first kappa shape index (κ1) is 12.6. The van der Waals surface area contributed by atoms with Crippen LogP contribution in [-0.4, -0.2) is 16.7 Å². The summed E-state index contributed by atoms with van der Waals surface area (Å²) in [6, 6.07) is 13.4. The number of benzene rings is 1. The van der Waals surface area contributed by atoms with Crippen molar-refractivity contribution >= 4 is 0 Å². The number of furan rings is 1. The Balaban J connectivity index is 1.81. The fraction of sp³-hybridized carbons (Fsp3) is 0.200. The lowest BCUT2D eigenvalue weighted by Gasteiger charge is -2.07. The summed E-state index contributed by atoms with van der Waals surface area (Å²) in [6.07, 6.45) is 2.30. The fourth-order valence-electron chi connectivity index (χ4n) is 2.04. The number of rotatable bonds is 5. The van der Waals surface area contributed by atoms with Gasteiger partial charge in [0.25, 0.3) is 0 Å². The van der Waals surface area contributed by atoms with E-state index in [4.69, 9.17) is 14.6 Å². The van der Waals surface area contributed by atoms with Crippen molar-refractivity contribution in [3.63, 3.8) is 0 Å². The van der Waals surface area contributed by atoms with Gasteiger partial charge in [-0.15, -0.1) is 10.2 Å². The van der Waals surface area contributed by atoms with Gasteiger partial charge in [-0.3, -0.25) is 0 Å². The van der Waals surface area contributed by atoms with Gasteiger partial charge >= 0.3 is 0 Å². The van der Waals surface area contributed by atoms with E-state index in [9.17, 15) is 0 Å². The monoisotopic (exact) mass is 269 g/mol. The maximum Gasteiger partial charge on any atom is 0.247 e. The highest BCUT2D eigenvalue weighted by atomic mass is 16.4. The van der Waals surface area contributed by atoms with Crippen LogP contribution in [0, 0.1) is 0 Å². The van der Waals surface area contributed by atoms with Crippen molar-refractivity contribution in [3.8, 4) is 11.5 Å². The van der Waals surface area contributed by atoms with Crippen molar-refractivity contribution in [1.82, 2.24) is 10.2 Å². The first-order chi connectivity index (χ1) is 9.86. The van der Waals surface area contributed by atoms with Gasteiger partial charge in [0.05, 0.1) is 12.2 Å². The molecule has 2 heterocycles. The largest absolute Gasteiger partial charge is 0.469 e. The van der Waals surface area contributed by atoms with E-state index in [1.54, 1.807) is 6.26 Å². The molecule has 0 amide bonds. The molecule has 0 saturated carbocycles.